The number of hydrogen-bond acceptors (Lipinski definition) is 2. The lowest BCUT2D eigenvalue weighted by Gasteiger charge is -1.77. The Balaban J connectivity index is 1.79. The highest BCUT2D eigenvalue weighted by atomic mass is 79.9. The van der Waals surface area contributed by atoms with Gasteiger partial charge >= 0.3 is 0 Å². The van der Waals surface area contributed by atoms with Crippen LogP contribution in [0.25, 0.3) is 0 Å². The van der Waals surface area contributed by atoms with E-state index in [2.05, 4.69) is 25.9 Å². The SMILES string of the molecule is Br[C@H]1CC1C12C3N1N32. The van der Waals surface area contributed by atoms with E-state index in [4.69, 9.17) is 0 Å². The summed E-state index contributed by atoms with van der Waals surface area (Å²) in [6.45, 7) is 0. The van der Waals surface area contributed by atoms with Crippen LogP contribution in [0.15, 0.2) is 0 Å². The number of nitrogens with zero attached hydrogens (tertiary/aromatic N) is 2. The van der Waals surface area contributed by atoms with E-state index in [-0.39, 0.29) is 0 Å². The molecule has 4 saturated heterocycles. The van der Waals surface area contributed by atoms with Gasteiger partial charge in [0, 0.05) is 10.7 Å². The highest BCUT2D eigenvalue weighted by molar-refractivity contribution is 9.09. The first kappa shape index (κ1) is 3.54. The zero-order valence-electron chi connectivity index (χ0n) is 4.21. The van der Waals surface area contributed by atoms with Crippen molar-refractivity contribution in [1.29, 1.82) is 0 Å². The Morgan fingerprint density at radius 1 is 1.50 bits per heavy atom. The Kier molecular flexibility index (Phi) is 0.267. The van der Waals surface area contributed by atoms with E-state index in [9.17, 15) is 0 Å². The largest absolute Gasteiger partial charge is 0.191 e. The molecule has 5 rings (SSSR count). The van der Waals surface area contributed by atoms with Crippen molar-refractivity contribution in [2.75, 3.05) is 0 Å². The summed E-state index contributed by atoms with van der Waals surface area (Å²) in [5.41, 5.74) is 0.703. The Bertz CT molecular complexity index is 177. The van der Waals surface area contributed by atoms with Gasteiger partial charge in [0.25, 0.3) is 0 Å². The quantitative estimate of drug-likeness (QED) is 0.416. The topological polar surface area (TPSA) is 6.02 Å². The zero-order chi connectivity index (χ0) is 5.09. The van der Waals surface area contributed by atoms with Gasteiger partial charge in [-0.25, -0.2) is 0 Å². The van der Waals surface area contributed by atoms with Crippen molar-refractivity contribution >= 4 is 15.9 Å². The predicted octanol–water partition coefficient (Wildman–Crippen LogP) is 0.352. The Morgan fingerprint density at radius 2 is 2.00 bits per heavy atom. The number of halogens is 1. The van der Waals surface area contributed by atoms with Crippen LogP contribution in [0.4, 0.5) is 0 Å². The Morgan fingerprint density at radius 3 is 2.12 bits per heavy atom. The average molecular weight is 173 g/mol. The van der Waals surface area contributed by atoms with E-state index in [1.807, 2.05) is 0 Å². The van der Waals surface area contributed by atoms with Gasteiger partial charge in [-0.15, -0.1) is 0 Å². The van der Waals surface area contributed by atoms with Crippen LogP contribution in [-0.4, -0.2) is 26.7 Å². The van der Waals surface area contributed by atoms with Crippen LogP contribution in [0.3, 0.4) is 0 Å². The van der Waals surface area contributed by atoms with E-state index < -0.39 is 0 Å². The zero-order valence-corrected chi connectivity index (χ0v) is 5.80. The fourth-order valence-corrected chi connectivity index (χ4v) is 2.74. The first-order valence-electron chi connectivity index (χ1n) is 3.11. The summed E-state index contributed by atoms with van der Waals surface area (Å²) in [6, 6.07) is 0. The fraction of sp³-hybridized carbons (Fsp3) is 1.00. The third-order valence-corrected chi connectivity index (χ3v) is 3.85. The molecule has 1 saturated carbocycles. The van der Waals surface area contributed by atoms with Crippen molar-refractivity contribution in [3.05, 3.63) is 0 Å². The Hall–Kier alpha value is 0.400. The second kappa shape index (κ2) is 0.604. The van der Waals surface area contributed by atoms with E-state index in [1.165, 1.54) is 6.42 Å². The molecule has 2 nitrogen and oxygen atoms in total. The van der Waals surface area contributed by atoms with E-state index >= 15 is 0 Å². The first-order valence-corrected chi connectivity index (χ1v) is 4.02. The molecular weight excluding hydrogens is 168 g/mol. The van der Waals surface area contributed by atoms with E-state index in [0.29, 0.717) is 5.66 Å². The number of rotatable bonds is 1. The molecule has 0 amide bonds. The van der Waals surface area contributed by atoms with Crippen LogP contribution in [0.2, 0.25) is 0 Å². The highest BCUT2D eigenvalue weighted by Crippen LogP contribution is 2.91. The first-order chi connectivity index (χ1) is 3.88. The van der Waals surface area contributed by atoms with Crippen molar-refractivity contribution in [3.8, 4) is 0 Å². The van der Waals surface area contributed by atoms with Crippen molar-refractivity contribution in [2.24, 2.45) is 5.92 Å². The Labute approximate surface area is 55.5 Å². The number of hydrazine groups is 1. The monoisotopic (exact) mass is 172 g/mol. The molecule has 5 fully saturated rings. The molecule has 3 heteroatoms. The molecule has 8 heavy (non-hydrogen) atoms. The normalized spacial score (nSPS) is 94.9. The lowest BCUT2D eigenvalue weighted by molar-refractivity contribution is 0.747. The summed E-state index contributed by atoms with van der Waals surface area (Å²) >= 11 is 3.61. The standard InChI is InChI=1S/C5H5BrN2/c6-3-1-2(3)5-4-7(5)8(4)5/h2-4H,1H2/t2?,3-,4?,5?,7?,8?/m0/s1. The minimum absolute atomic E-state index is 0.703. The van der Waals surface area contributed by atoms with Crippen molar-refractivity contribution in [2.45, 2.75) is 23.1 Å². The average Bonchev–Trinajstić information content (AvgIpc) is 2.42. The van der Waals surface area contributed by atoms with Gasteiger partial charge in [-0.3, -0.25) is 0 Å². The van der Waals surface area contributed by atoms with Crippen molar-refractivity contribution in [1.82, 2.24) is 10.0 Å². The molecule has 0 N–H and O–H groups in total. The molecule has 0 spiro atoms. The van der Waals surface area contributed by atoms with Gasteiger partial charge in [0.05, 0.1) is 0 Å². The molecule has 4 atom stereocenters. The maximum Gasteiger partial charge on any atom is 0.140 e. The smallest absolute Gasteiger partial charge is 0.140 e. The van der Waals surface area contributed by atoms with Crippen LogP contribution in [-0.2, 0) is 0 Å². The second-order valence-corrected chi connectivity index (χ2v) is 4.38. The molecule has 0 radical (unpaired) electrons. The van der Waals surface area contributed by atoms with Crippen LogP contribution in [0.1, 0.15) is 6.42 Å². The minimum Gasteiger partial charge on any atom is -0.191 e. The van der Waals surface area contributed by atoms with E-state index in [0.717, 1.165) is 16.9 Å². The number of hydrogen-bond donors (Lipinski definition) is 0. The van der Waals surface area contributed by atoms with Crippen LogP contribution in [0, 0.1) is 5.92 Å². The molecule has 0 bridgehead atoms. The van der Waals surface area contributed by atoms with Crippen molar-refractivity contribution in [3.63, 3.8) is 0 Å². The van der Waals surface area contributed by atoms with Crippen LogP contribution < -0.4 is 0 Å². The molecule has 0 aromatic carbocycles. The molecule has 3 unspecified atom stereocenters. The summed E-state index contributed by atoms with van der Waals surface area (Å²) in [5.74, 6) is 1.01. The van der Waals surface area contributed by atoms with Gasteiger partial charge in [0.2, 0.25) is 0 Å². The second-order valence-electron chi connectivity index (χ2n) is 3.20. The van der Waals surface area contributed by atoms with Crippen LogP contribution in [0.5, 0.6) is 0 Å². The molecule has 4 heterocycles. The van der Waals surface area contributed by atoms with Gasteiger partial charge < -0.3 is 0 Å². The molecule has 1 aliphatic carbocycles. The minimum atomic E-state index is 0.703. The summed E-state index contributed by atoms with van der Waals surface area (Å²) < 4.78 is 0. The third-order valence-electron chi connectivity index (χ3n) is 2.84. The van der Waals surface area contributed by atoms with Gasteiger partial charge in [-0.2, -0.15) is 10.0 Å². The molecule has 4 aliphatic heterocycles. The molecule has 0 aromatic heterocycles. The van der Waals surface area contributed by atoms with Gasteiger partial charge in [0.15, 0.2) is 0 Å². The van der Waals surface area contributed by atoms with E-state index in [1.54, 1.807) is 0 Å². The summed E-state index contributed by atoms with van der Waals surface area (Å²) in [4.78, 5) is 0.863. The molecule has 5 aliphatic rings. The molecule has 42 valence electrons. The van der Waals surface area contributed by atoms with Gasteiger partial charge in [-0.1, -0.05) is 15.9 Å². The predicted molar refractivity (Wildman–Crippen MR) is 31.0 cm³/mol. The number of alkyl halides is 1. The highest BCUT2D eigenvalue weighted by Gasteiger charge is 3.12. The molecule has 0 aromatic rings. The summed E-state index contributed by atoms with van der Waals surface area (Å²) in [7, 11) is 0. The summed E-state index contributed by atoms with van der Waals surface area (Å²) in [6.07, 6.45) is 2.37. The fourth-order valence-electron chi connectivity index (χ4n) is 1.95. The van der Waals surface area contributed by atoms with Gasteiger partial charge in [-0.05, 0) is 6.42 Å². The van der Waals surface area contributed by atoms with Gasteiger partial charge in [0.1, 0.15) is 11.8 Å². The summed E-state index contributed by atoms with van der Waals surface area (Å²) in [5, 5.41) is 4.94. The maximum atomic E-state index is 3.61. The van der Waals surface area contributed by atoms with Crippen LogP contribution >= 0.6 is 15.9 Å². The lowest BCUT2D eigenvalue weighted by atomic mass is 10.3. The third kappa shape index (κ3) is 0.158. The lowest BCUT2D eigenvalue weighted by Crippen LogP contribution is -1.92. The molecular formula is C5H5BrN2. The van der Waals surface area contributed by atoms with Crippen molar-refractivity contribution < 1.29 is 0 Å². The maximum absolute atomic E-state index is 3.61.